The van der Waals surface area contributed by atoms with Crippen molar-refractivity contribution in [2.24, 2.45) is 0 Å². The lowest BCUT2D eigenvalue weighted by Gasteiger charge is -2.14. The van der Waals surface area contributed by atoms with Gasteiger partial charge in [-0.25, -0.2) is 9.97 Å². The maximum atomic E-state index is 9.56. The molecule has 2 heterocycles. The third-order valence-corrected chi connectivity index (χ3v) is 5.68. The number of nitrogens with one attached hydrogen (secondary N) is 1. The SMILES string of the molecule is COc1cc2ncc(C#N)c(Nc3ccc(Sc4ncccn4)c(Cl)c3)c2cc1N. The second kappa shape index (κ2) is 8.45. The number of nitrogens with two attached hydrogens (primary N) is 1. The number of rotatable bonds is 5. The summed E-state index contributed by atoms with van der Waals surface area (Å²) in [6.07, 6.45) is 4.87. The molecule has 0 spiro atoms. The summed E-state index contributed by atoms with van der Waals surface area (Å²) in [5.74, 6) is 0.526. The second-order valence-corrected chi connectivity index (χ2v) is 7.59. The normalized spacial score (nSPS) is 10.6. The van der Waals surface area contributed by atoms with E-state index in [1.54, 1.807) is 43.8 Å². The fourth-order valence-electron chi connectivity index (χ4n) is 2.87. The van der Waals surface area contributed by atoms with Gasteiger partial charge in [0.2, 0.25) is 0 Å². The first-order chi connectivity index (χ1) is 14.6. The lowest BCUT2D eigenvalue weighted by Crippen LogP contribution is -1.99. The van der Waals surface area contributed by atoms with Crippen LogP contribution in [-0.2, 0) is 0 Å². The Morgan fingerprint density at radius 2 is 1.97 bits per heavy atom. The molecule has 2 aromatic heterocycles. The smallest absolute Gasteiger partial charge is 0.192 e. The maximum absolute atomic E-state index is 9.56. The molecule has 0 unspecified atom stereocenters. The van der Waals surface area contributed by atoms with E-state index in [4.69, 9.17) is 22.1 Å². The minimum atomic E-state index is 0.388. The van der Waals surface area contributed by atoms with Crippen molar-refractivity contribution in [1.29, 1.82) is 5.26 Å². The van der Waals surface area contributed by atoms with Crippen LogP contribution in [0.4, 0.5) is 17.1 Å². The summed E-state index contributed by atoms with van der Waals surface area (Å²) in [5.41, 5.74) is 8.88. The summed E-state index contributed by atoms with van der Waals surface area (Å²) in [6, 6.07) is 12.9. The van der Waals surface area contributed by atoms with Crippen LogP contribution in [0.1, 0.15) is 5.56 Å². The third kappa shape index (κ3) is 3.94. The van der Waals surface area contributed by atoms with E-state index >= 15 is 0 Å². The zero-order valence-corrected chi connectivity index (χ0v) is 17.3. The van der Waals surface area contributed by atoms with E-state index in [-0.39, 0.29) is 0 Å². The van der Waals surface area contributed by atoms with Crippen LogP contribution in [0.5, 0.6) is 5.75 Å². The monoisotopic (exact) mass is 434 g/mol. The van der Waals surface area contributed by atoms with E-state index in [1.807, 2.05) is 12.1 Å². The number of aromatic nitrogens is 3. The van der Waals surface area contributed by atoms with Gasteiger partial charge in [-0.2, -0.15) is 5.26 Å². The molecule has 4 aromatic rings. The van der Waals surface area contributed by atoms with Gasteiger partial charge in [0.05, 0.1) is 34.6 Å². The Kier molecular flexibility index (Phi) is 5.57. The maximum Gasteiger partial charge on any atom is 0.192 e. The summed E-state index contributed by atoms with van der Waals surface area (Å²) < 4.78 is 5.27. The van der Waals surface area contributed by atoms with Gasteiger partial charge in [-0.05, 0) is 42.1 Å². The molecule has 4 rings (SSSR count). The van der Waals surface area contributed by atoms with Crippen molar-refractivity contribution in [2.75, 3.05) is 18.2 Å². The van der Waals surface area contributed by atoms with Crippen molar-refractivity contribution in [2.45, 2.75) is 10.1 Å². The quantitative estimate of drug-likeness (QED) is 0.332. The summed E-state index contributed by atoms with van der Waals surface area (Å²) in [5, 5.41) is 14.7. The summed E-state index contributed by atoms with van der Waals surface area (Å²) in [7, 11) is 1.54. The number of anilines is 3. The van der Waals surface area contributed by atoms with E-state index < -0.39 is 0 Å². The van der Waals surface area contributed by atoms with Crippen molar-refractivity contribution in [3.05, 3.63) is 65.6 Å². The highest BCUT2D eigenvalue weighted by Crippen LogP contribution is 2.37. The number of ether oxygens (including phenoxy) is 1. The number of hydrogen-bond donors (Lipinski definition) is 2. The van der Waals surface area contributed by atoms with Gasteiger partial charge in [-0.3, -0.25) is 4.98 Å². The molecule has 9 heteroatoms. The predicted octanol–water partition coefficient (Wildman–Crippen LogP) is 5.04. The largest absolute Gasteiger partial charge is 0.495 e. The average molecular weight is 435 g/mol. The number of fused-ring (bicyclic) bond motifs is 1. The standard InChI is InChI=1S/C21H15ClN6OS/c1-29-18-9-17-14(8-16(18)24)20(12(10-23)11-27-17)28-13-3-4-19(15(22)7-13)30-21-25-5-2-6-26-21/h2-9,11H,24H2,1H3,(H,27,28). The third-order valence-electron chi connectivity index (χ3n) is 4.28. The minimum Gasteiger partial charge on any atom is -0.495 e. The van der Waals surface area contributed by atoms with Gasteiger partial charge in [0.25, 0.3) is 0 Å². The molecule has 7 nitrogen and oxygen atoms in total. The molecule has 0 aliphatic heterocycles. The Morgan fingerprint density at radius 1 is 1.17 bits per heavy atom. The van der Waals surface area contributed by atoms with Crippen molar-refractivity contribution in [3.8, 4) is 11.8 Å². The second-order valence-electron chi connectivity index (χ2n) is 6.17. The number of nitrogen functional groups attached to an aromatic ring is 1. The number of halogens is 1. The molecule has 3 N–H and O–H groups in total. The van der Waals surface area contributed by atoms with Crippen molar-refractivity contribution in [3.63, 3.8) is 0 Å². The molecular formula is C21H15ClN6OS. The molecule has 0 saturated carbocycles. The van der Waals surface area contributed by atoms with Gasteiger partial charge in [-0.15, -0.1) is 0 Å². The molecule has 148 valence electrons. The average Bonchev–Trinajstić information content (AvgIpc) is 2.76. The molecule has 30 heavy (non-hydrogen) atoms. The summed E-state index contributed by atoms with van der Waals surface area (Å²) in [4.78, 5) is 13.6. The molecule has 2 aromatic carbocycles. The van der Waals surface area contributed by atoms with Gasteiger partial charge >= 0.3 is 0 Å². The van der Waals surface area contributed by atoms with Gasteiger partial charge < -0.3 is 15.8 Å². The van der Waals surface area contributed by atoms with E-state index in [0.717, 1.165) is 10.6 Å². The number of nitriles is 1. The van der Waals surface area contributed by atoms with Crippen LogP contribution in [0, 0.1) is 11.3 Å². The van der Waals surface area contributed by atoms with Crippen LogP contribution in [0.25, 0.3) is 10.9 Å². The fourth-order valence-corrected chi connectivity index (χ4v) is 3.89. The van der Waals surface area contributed by atoms with Crippen LogP contribution in [0.3, 0.4) is 0 Å². The highest BCUT2D eigenvalue weighted by molar-refractivity contribution is 7.99. The topological polar surface area (TPSA) is 110 Å². The minimum absolute atomic E-state index is 0.388. The highest BCUT2D eigenvalue weighted by atomic mass is 35.5. The van der Waals surface area contributed by atoms with Gasteiger partial charge in [0, 0.05) is 40.6 Å². The van der Waals surface area contributed by atoms with Gasteiger partial charge in [-0.1, -0.05) is 11.6 Å². The first kappa shape index (κ1) is 19.8. The molecular weight excluding hydrogens is 420 g/mol. The number of methoxy groups -OCH3 is 1. The van der Waals surface area contributed by atoms with Crippen molar-refractivity contribution in [1.82, 2.24) is 15.0 Å². The van der Waals surface area contributed by atoms with E-state index in [9.17, 15) is 5.26 Å². The molecule has 0 amide bonds. The first-order valence-corrected chi connectivity index (χ1v) is 9.96. The molecule has 0 bridgehead atoms. The van der Waals surface area contributed by atoms with Crippen LogP contribution in [-0.4, -0.2) is 22.1 Å². The zero-order valence-electron chi connectivity index (χ0n) is 15.8. The summed E-state index contributed by atoms with van der Waals surface area (Å²) in [6.45, 7) is 0. The Hall–Kier alpha value is -3.54. The van der Waals surface area contributed by atoms with Gasteiger partial charge in [0.15, 0.2) is 5.16 Å². The molecule has 0 fully saturated rings. The molecule has 0 radical (unpaired) electrons. The predicted molar refractivity (Wildman–Crippen MR) is 118 cm³/mol. The number of nitrogens with zero attached hydrogens (tertiary/aromatic N) is 4. The Bertz CT molecular complexity index is 1280. The Labute approximate surface area is 181 Å². The lowest BCUT2D eigenvalue weighted by atomic mass is 10.1. The molecule has 0 aliphatic rings. The lowest BCUT2D eigenvalue weighted by molar-refractivity contribution is 0.417. The van der Waals surface area contributed by atoms with Crippen LogP contribution >= 0.6 is 23.4 Å². The molecule has 0 atom stereocenters. The van der Waals surface area contributed by atoms with Crippen LogP contribution < -0.4 is 15.8 Å². The number of pyridine rings is 1. The zero-order chi connectivity index (χ0) is 21.1. The van der Waals surface area contributed by atoms with E-state index in [2.05, 4.69) is 26.3 Å². The van der Waals surface area contributed by atoms with Gasteiger partial charge in [0.1, 0.15) is 11.8 Å². The van der Waals surface area contributed by atoms with Crippen LogP contribution in [0.2, 0.25) is 5.02 Å². The number of benzene rings is 2. The van der Waals surface area contributed by atoms with Crippen molar-refractivity contribution < 1.29 is 4.74 Å². The first-order valence-electron chi connectivity index (χ1n) is 8.77. The Morgan fingerprint density at radius 3 is 2.67 bits per heavy atom. The molecule has 0 saturated heterocycles. The summed E-state index contributed by atoms with van der Waals surface area (Å²) >= 11 is 7.84. The van der Waals surface area contributed by atoms with E-state index in [0.29, 0.717) is 43.8 Å². The molecule has 0 aliphatic carbocycles. The fraction of sp³-hybridized carbons (Fsp3) is 0.0476. The Balaban J connectivity index is 1.71. The van der Waals surface area contributed by atoms with Crippen LogP contribution in [0.15, 0.2) is 65.0 Å². The number of hydrogen-bond acceptors (Lipinski definition) is 8. The highest BCUT2D eigenvalue weighted by Gasteiger charge is 2.13. The van der Waals surface area contributed by atoms with E-state index in [1.165, 1.54) is 18.0 Å². The van der Waals surface area contributed by atoms with Crippen molar-refractivity contribution >= 4 is 51.3 Å².